The summed E-state index contributed by atoms with van der Waals surface area (Å²) < 4.78 is 0. The highest BCUT2D eigenvalue weighted by atomic mass is 16.2. The number of hydrogen-bond donors (Lipinski definition) is 3. The molecule has 30 heavy (non-hydrogen) atoms. The first-order valence-corrected chi connectivity index (χ1v) is 10.2. The van der Waals surface area contributed by atoms with Crippen LogP contribution in [0.3, 0.4) is 0 Å². The minimum atomic E-state index is -0.222. The summed E-state index contributed by atoms with van der Waals surface area (Å²) >= 11 is 0. The smallest absolute Gasteiger partial charge is 0.253 e. The quantitative estimate of drug-likeness (QED) is 0.559. The first kappa shape index (κ1) is 21.4. The van der Waals surface area contributed by atoms with E-state index in [0.717, 1.165) is 24.8 Å². The van der Waals surface area contributed by atoms with Crippen LogP contribution in [0.4, 0.5) is 5.69 Å². The Morgan fingerprint density at radius 2 is 1.70 bits per heavy atom. The van der Waals surface area contributed by atoms with E-state index < -0.39 is 0 Å². The lowest BCUT2D eigenvalue weighted by Gasteiger charge is -2.18. The van der Waals surface area contributed by atoms with Crippen LogP contribution in [0.2, 0.25) is 0 Å². The minimum Gasteiger partial charge on any atom is -0.376 e. The third kappa shape index (κ3) is 6.62. The molecule has 0 bridgehead atoms. The Hall–Kier alpha value is -3.35. The van der Waals surface area contributed by atoms with Gasteiger partial charge in [-0.3, -0.25) is 14.4 Å². The molecule has 3 rings (SSSR count). The van der Waals surface area contributed by atoms with Crippen molar-refractivity contribution in [1.29, 1.82) is 0 Å². The van der Waals surface area contributed by atoms with Crippen molar-refractivity contribution in [2.75, 3.05) is 32.0 Å². The predicted octanol–water partition coefficient (Wildman–Crippen LogP) is 1.81. The molecule has 0 aromatic heterocycles. The topological polar surface area (TPSA) is 90.5 Å². The maximum absolute atomic E-state index is 12.6. The third-order valence-corrected chi connectivity index (χ3v) is 4.89. The van der Waals surface area contributed by atoms with Crippen molar-refractivity contribution < 1.29 is 14.4 Å². The summed E-state index contributed by atoms with van der Waals surface area (Å²) in [5, 5.41) is 8.81. The number of nitrogens with one attached hydrogen (secondary N) is 3. The number of likely N-dealkylation sites (N-methyl/N-ethyl adjacent to an activating group) is 1. The second-order valence-electron chi connectivity index (χ2n) is 7.48. The van der Waals surface area contributed by atoms with Crippen LogP contribution in [0.25, 0.3) is 0 Å². The van der Waals surface area contributed by atoms with Crippen LogP contribution in [0.5, 0.6) is 0 Å². The van der Waals surface area contributed by atoms with E-state index in [1.54, 1.807) is 31.3 Å². The Bertz CT molecular complexity index is 881. The molecule has 0 aliphatic heterocycles. The molecule has 0 unspecified atom stereocenters. The zero-order valence-electron chi connectivity index (χ0n) is 17.2. The highest BCUT2D eigenvalue weighted by Gasteiger charge is 2.24. The van der Waals surface area contributed by atoms with E-state index in [1.807, 2.05) is 30.3 Å². The maximum Gasteiger partial charge on any atom is 0.253 e. The monoisotopic (exact) mass is 408 g/mol. The van der Waals surface area contributed by atoms with Crippen LogP contribution in [-0.4, -0.2) is 55.3 Å². The van der Waals surface area contributed by atoms with E-state index in [4.69, 9.17) is 0 Å². The Kier molecular flexibility index (Phi) is 7.43. The molecule has 1 aliphatic rings. The summed E-state index contributed by atoms with van der Waals surface area (Å²) in [5.74, 6) is -0.564. The molecule has 0 radical (unpaired) electrons. The van der Waals surface area contributed by atoms with Gasteiger partial charge in [-0.15, -0.1) is 0 Å². The molecule has 7 heteroatoms. The van der Waals surface area contributed by atoms with Crippen LogP contribution >= 0.6 is 0 Å². The Balaban J connectivity index is 1.48. The lowest BCUT2D eigenvalue weighted by atomic mass is 10.1. The molecule has 3 N–H and O–H groups in total. The number of para-hydroxylation sites is 1. The third-order valence-electron chi connectivity index (χ3n) is 4.89. The zero-order valence-corrected chi connectivity index (χ0v) is 17.2. The van der Waals surface area contributed by atoms with Crippen molar-refractivity contribution in [3.05, 3.63) is 65.7 Å². The number of benzene rings is 2. The molecule has 0 heterocycles. The van der Waals surface area contributed by atoms with E-state index in [0.29, 0.717) is 17.8 Å². The fourth-order valence-electron chi connectivity index (χ4n) is 3.01. The number of hydrogen-bond acceptors (Lipinski definition) is 4. The van der Waals surface area contributed by atoms with Crippen molar-refractivity contribution in [2.24, 2.45) is 0 Å². The number of nitrogens with zero attached hydrogens (tertiary/aromatic N) is 1. The first-order valence-electron chi connectivity index (χ1n) is 10.2. The van der Waals surface area contributed by atoms with Gasteiger partial charge in [0.1, 0.15) is 0 Å². The van der Waals surface area contributed by atoms with Gasteiger partial charge in [0, 0.05) is 25.3 Å². The van der Waals surface area contributed by atoms with Gasteiger partial charge in [0.05, 0.1) is 18.7 Å². The van der Waals surface area contributed by atoms with Gasteiger partial charge in [0.15, 0.2) is 0 Å². The van der Waals surface area contributed by atoms with Crippen molar-refractivity contribution in [3.8, 4) is 0 Å². The number of rotatable bonds is 10. The lowest BCUT2D eigenvalue weighted by molar-refractivity contribution is -0.133. The molecule has 7 nitrogen and oxygen atoms in total. The van der Waals surface area contributed by atoms with Gasteiger partial charge in [0.2, 0.25) is 11.8 Å². The van der Waals surface area contributed by atoms with Crippen LogP contribution in [-0.2, 0) is 16.0 Å². The molecule has 1 aliphatic carbocycles. The van der Waals surface area contributed by atoms with Crippen LogP contribution in [0.1, 0.15) is 28.8 Å². The Morgan fingerprint density at radius 3 is 2.43 bits per heavy atom. The van der Waals surface area contributed by atoms with Crippen molar-refractivity contribution in [2.45, 2.75) is 25.3 Å². The number of carbonyl (C=O) groups excluding carboxylic acids is 3. The molecule has 2 aromatic rings. The van der Waals surface area contributed by atoms with Gasteiger partial charge >= 0.3 is 0 Å². The minimum absolute atomic E-state index is 0.00151. The summed E-state index contributed by atoms with van der Waals surface area (Å²) in [5.41, 5.74) is 2.22. The van der Waals surface area contributed by atoms with Crippen molar-refractivity contribution in [1.82, 2.24) is 15.5 Å². The second-order valence-corrected chi connectivity index (χ2v) is 7.48. The fraction of sp³-hybridized carbons (Fsp3) is 0.348. The Labute approximate surface area is 176 Å². The van der Waals surface area contributed by atoms with Crippen LogP contribution < -0.4 is 16.0 Å². The predicted molar refractivity (Wildman–Crippen MR) is 116 cm³/mol. The Morgan fingerprint density at radius 1 is 1.00 bits per heavy atom. The van der Waals surface area contributed by atoms with Crippen molar-refractivity contribution >= 4 is 23.4 Å². The van der Waals surface area contributed by atoms with Gasteiger partial charge < -0.3 is 20.9 Å². The standard InChI is InChI=1S/C23H28N4O3/c1-27(16-21(28)26-18-11-12-18)22(29)15-25-20-10-6-5-9-19(20)23(30)24-14-13-17-7-3-2-4-8-17/h2-10,18,25H,11-16H2,1H3,(H,24,30)(H,26,28). The number of carbonyl (C=O) groups is 3. The van der Waals surface area contributed by atoms with E-state index in [9.17, 15) is 14.4 Å². The van der Waals surface area contributed by atoms with E-state index in [-0.39, 0.29) is 36.9 Å². The van der Waals surface area contributed by atoms with E-state index in [1.165, 1.54) is 4.90 Å². The number of amides is 3. The SMILES string of the molecule is CN(CC(=O)NC1CC1)C(=O)CNc1ccccc1C(=O)NCCc1ccccc1. The van der Waals surface area contributed by atoms with Gasteiger partial charge in [-0.05, 0) is 37.0 Å². The summed E-state index contributed by atoms with van der Waals surface area (Å²) in [6, 6.07) is 17.3. The lowest BCUT2D eigenvalue weighted by Crippen LogP contribution is -2.41. The molecule has 3 amide bonds. The fourth-order valence-corrected chi connectivity index (χ4v) is 3.01. The molecular formula is C23H28N4O3. The van der Waals surface area contributed by atoms with E-state index in [2.05, 4.69) is 16.0 Å². The largest absolute Gasteiger partial charge is 0.376 e. The summed E-state index contributed by atoms with van der Waals surface area (Å²) in [6.45, 7) is 0.551. The summed E-state index contributed by atoms with van der Waals surface area (Å²) in [7, 11) is 1.60. The molecule has 0 atom stereocenters. The van der Waals surface area contributed by atoms with Gasteiger partial charge in [-0.25, -0.2) is 0 Å². The first-order chi connectivity index (χ1) is 14.5. The van der Waals surface area contributed by atoms with Crippen molar-refractivity contribution in [3.63, 3.8) is 0 Å². The summed E-state index contributed by atoms with van der Waals surface area (Å²) in [6.07, 6.45) is 2.76. The van der Waals surface area contributed by atoms with E-state index >= 15 is 0 Å². The average Bonchev–Trinajstić information content (AvgIpc) is 3.56. The normalized spacial score (nSPS) is 12.7. The van der Waals surface area contributed by atoms with Crippen LogP contribution in [0, 0.1) is 0 Å². The number of anilines is 1. The molecule has 2 aromatic carbocycles. The molecular weight excluding hydrogens is 380 g/mol. The second kappa shape index (κ2) is 10.4. The molecule has 158 valence electrons. The highest BCUT2D eigenvalue weighted by molar-refractivity contribution is 6.00. The molecule has 0 saturated heterocycles. The van der Waals surface area contributed by atoms with Gasteiger partial charge in [0.25, 0.3) is 5.91 Å². The average molecular weight is 409 g/mol. The van der Waals surface area contributed by atoms with Crippen LogP contribution in [0.15, 0.2) is 54.6 Å². The molecule has 0 spiro atoms. The van der Waals surface area contributed by atoms with Gasteiger partial charge in [-0.2, -0.15) is 0 Å². The summed E-state index contributed by atoms with van der Waals surface area (Å²) in [4.78, 5) is 38.2. The highest BCUT2D eigenvalue weighted by Crippen LogP contribution is 2.18. The van der Waals surface area contributed by atoms with Gasteiger partial charge in [-0.1, -0.05) is 42.5 Å². The molecule has 1 fully saturated rings. The maximum atomic E-state index is 12.6. The zero-order chi connectivity index (χ0) is 21.3. The molecule has 1 saturated carbocycles.